The maximum absolute atomic E-state index is 13.2. The number of likely N-dealkylation sites (N-methyl/N-ethyl adjacent to an activating group) is 1. The number of ether oxygens (including phenoxy) is 1. The van der Waals surface area contributed by atoms with Crippen LogP contribution in [0.15, 0.2) is 52.1 Å². The van der Waals surface area contributed by atoms with E-state index in [1.807, 2.05) is 45.3 Å². The van der Waals surface area contributed by atoms with Crippen LogP contribution in [0.1, 0.15) is 41.3 Å². The first-order chi connectivity index (χ1) is 14.3. The van der Waals surface area contributed by atoms with E-state index in [1.54, 1.807) is 24.0 Å². The molecule has 1 amide bonds. The molecule has 1 atom stereocenters. The van der Waals surface area contributed by atoms with E-state index >= 15 is 0 Å². The Morgan fingerprint density at radius 3 is 2.47 bits per heavy atom. The van der Waals surface area contributed by atoms with Gasteiger partial charge in [0.25, 0.3) is 5.91 Å². The van der Waals surface area contributed by atoms with Crippen molar-refractivity contribution in [1.82, 2.24) is 4.90 Å². The van der Waals surface area contributed by atoms with Crippen LogP contribution in [0.5, 0.6) is 5.75 Å². The molecule has 0 saturated heterocycles. The van der Waals surface area contributed by atoms with Crippen molar-refractivity contribution in [2.24, 2.45) is 0 Å². The van der Waals surface area contributed by atoms with Gasteiger partial charge >= 0.3 is 0 Å². The fourth-order valence-corrected chi connectivity index (χ4v) is 3.46. The number of Topliss-reactive ketones (excluding diaryl/α,β-unsaturated/α-hetero) is 1. The molecule has 7 nitrogen and oxygen atoms in total. The largest absolute Gasteiger partial charge is 0.503 e. The van der Waals surface area contributed by atoms with Crippen molar-refractivity contribution in [3.8, 4) is 5.75 Å². The number of nitrogens with zero attached hydrogens (tertiary/aromatic N) is 1. The summed E-state index contributed by atoms with van der Waals surface area (Å²) in [6.07, 6.45) is 0.900. The number of ketones is 1. The van der Waals surface area contributed by atoms with Gasteiger partial charge in [0.15, 0.2) is 11.5 Å². The molecule has 2 heterocycles. The lowest BCUT2D eigenvalue weighted by Crippen LogP contribution is -3.06. The van der Waals surface area contributed by atoms with Crippen LogP contribution < -0.4 is 9.64 Å². The van der Waals surface area contributed by atoms with Gasteiger partial charge in [0.1, 0.15) is 11.5 Å². The summed E-state index contributed by atoms with van der Waals surface area (Å²) in [5.74, 6) is -0.125. The lowest BCUT2D eigenvalue weighted by atomic mass is 9.95. The first kappa shape index (κ1) is 21.6. The van der Waals surface area contributed by atoms with Gasteiger partial charge in [0.2, 0.25) is 5.78 Å². The number of benzene rings is 1. The summed E-state index contributed by atoms with van der Waals surface area (Å²) in [7, 11) is 3.97. The Bertz CT molecular complexity index is 943. The molecule has 1 aliphatic heterocycles. The Kier molecular flexibility index (Phi) is 6.62. The Labute approximate surface area is 176 Å². The van der Waals surface area contributed by atoms with Gasteiger partial charge in [0.05, 0.1) is 45.4 Å². The SMILES string of the molecule is CCCOc1ccc([C@H]2C(C(=O)c3ccc(C)o3)=C(O)C(=O)N2CC[NH+](C)C)cc1. The van der Waals surface area contributed by atoms with E-state index in [-0.39, 0.29) is 11.3 Å². The molecule has 160 valence electrons. The molecule has 1 aliphatic rings. The molecule has 0 bridgehead atoms. The maximum Gasteiger partial charge on any atom is 0.290 e. The minimum Gasteiger partial charge on any atom is -0.503 e. The van der Waals surface area contributed by atoms with Crippen LogP contribution in [0.3, 0.4) is 0 Å². The molecule has 0 radical (unpaired) electrons. The van der Waals surface area contributed by atoms with Crippen LogP contribution in [-0.2, 0) is 4.79 Å². The second-order valence-corrected chi connectivity index (χ2v) is 7.78. The topological polar surface area (TPSA) is 84.4 Å². The number of amides is 1. The molecule has 7 heteroatoms. The predicted molar refractivity (Wildman–Crippen MR) is 112 cm³/mol. The highest BCUT2D eigenvalue weighted by Crippen LogP contribution is 2.39. The summed E-state index contributed by atoms with van der Waals surface area (Å²) in [4.78, 5) is 28.7. The van der Waals surface area contributed by atoms with Crippen molar-refractivity contribution in [2.45, 2.75) is 26.3 Å². The Hall–Kier alpha value is -3.06. The van der Waals surface area contributed by atoms with Crippen molar-refractivity contribution >= 4 is 11.7 Å². The van der Waals surface area contributed by atoms with Gasteiger partial charge in [-0.15, -0.1) is 0 Å². The van der Waals surface area contributed by atoms with E-state index in [0.29, 0.717) is 25.5 Å². The highest BCUT2D eigenvalue weighted by atomic mass is 16.5. The molecule has 0 aliphatic carbocycles. The van der Waals surface area contributed by atoms with Crippen LogP contribution in [0.25, 0.3) is 0 Å². The summed E-state index contributed by atoms with van der Waals surface area (Å²) in [5, 5.41) is 10.6. The standard InChI is InChI=1S/C23H28N2O5/c1-5-14-29-17-9-7-16(8-10-17)20-19(21(26)18-11-6-15(2)30-18)22(27)23(28)25(20)13-12-24(3)4/h6-11,20,27H,5,12-14H2,1-4H3/p+1/t20-/m0/s1. The number of aliphatic hydroxyl groups excluding tert-OH is 1. The molecular weight excluding hydrogens is 384 g/mol. The van der Waals surface area contributed by atoms with Gasteiger partial charge in [0, 0.05) is 0 Å². The van der Waals surface area contributed by atoms with Crippen LogP contribution in [0.2, 0.25) is 0 Å². The van der Waals surface area contributed by atoms with Gasteiger partial charge < -0.3 is 24.1 Å². The average molecular weight is 413 g/mol. The highest BCUT2D eigenvalue weighted by molar-refractivity contribution is 6.15. The molecule has 0 unspecified atom stereocenters. The molecule has 1 aromatic carbocycles. The molecule has 2 N–H and O–H groups in total. The number of quaternary nitrogens is 1. The average Bonchev–Trinajstić information content (AvgIpc) is 3.26. The van der Waals surface area contributed by atoms with Gasteiger partial charge in [-0.05, 0) is 43.2 Å². The summed E-state index contributed by atoms with van der Waals surface area (Å²) in [6.45, 7) is 5.46. The lowest BCUT2D eigenvalue weighted by Gasteiger charge is -2.27. The first-order valence-electron chi connectivity index (χ1n) is 10.2. The van der Waals surface area contributed by atoms with E-state index in [9.17, 15) is 14.7 Å². The Balaban J connectivity index is 1.99. The Morgan fingerprint density at radius 2 is 1.90 bits per heavy atom. The van der Waals surface area contributed by atoms with Crippen molar-refractivity contribution in [2.75, 3.05) is 33.8 Å². The zero-order chi connectivity index (χ0) is 21.8. The minimum absolute atomic E-state index is 0.0466. The second kappa shape index (κ2) is 9.17. The van der Waals surface area contributed by atoms with Gasteiger partial charge in [-0.1, -0.05) is 19.1 Å². The molecule has 3 rings (SSSR count). The van der Waals surface area contributed by atoms with E-state index in [2.05, 4.69) is 0 Å². The lowest BCUT2D eigenvalue weighted by molar-refractivity contribution is -0.857. The quantitative estimate of drug-likeness (QED) is 0.615. The monoisotopic (exact) mass is 413 g/mol. The number of nitrogens with one attached hydrogen (secondary N) is 1. The maximum atomic E-state index is 13.2. The summed E-state index contributed by atoms with van der Waals surface area (Å²) in [6, 6.07) is 9.86. The fraction of sp³-hybridized carbons (Fsp3) is 0.391. The van der Waals surface area contributed by atoms with Crippen molar-refractivity contribution in [1.29, 1.82) is 0 Å². The van der Waals surface area contributed by atoms with Crippen molar-refractivity contribution in [3.05, 3.63) is 64.8 Å². The smallest absolute Gasteiger partial charge is 0.290 e. The molecule has 0 spiro atoms. The number of carbonyl (C=O) groups excluding carboxylic acids is 2. The molecule has 2 aromatic rings. The summed E-state index contributed by atoms with van der Waals surface area (Å²) >= 11 is 0. The highest BCUT2D eigenvalue weighted by Gasteiger charge is 2.44. The van der Waals surface area contributed by atoms with Crippen LogP contribution in [0, 0.1) is 6.92 Å². The van der Waals surface area contributed by atoms with Crippen LogP contribution in [-0.4, -0.2) is 55.5 Å². The molecule has 1 aromatic heterocycles. The third-order valence-corrected chi connectivity index (χ3v) is 5.03. The number of rotatable bonds is 9. The number of hydrogen-bond acceptors (Lipinski definition) is 5. The van der Waals surface area contributed by atoms with E-state index in [4.69, 9.17) is 9.15 Å². The zero-order valence-electron chi connectivity index (χ0n) is 17.9. The summed E-state index contributed by atoms with van der Waals surface area (Å²) in [5.41, 5.74) is 0.780. The van der Waals surface area contributed by atoms with Gasteiger partial charge in [-0.3, -0.25) is 9.59 Å². The number of furan rings is 1. The van der Waals surface area contributed by atoms with Crippen molar-refractivity contribution in [3.63, 3.8) is 0 Å². The Morgan fingerprint density at radius 1 is 1.20 bits per heavy atom. The van der Waals surface area contributed by atoms with E-state index in [1.165, 1.54) is 0 Å². The number of aliphatic hydroxyl groups is 1. The molecular formula is C23H29N2O5+. The van der Waals surface area contributed by atoms with Gasteiger partial charge in [-0.25, -0.2) is 0 Å². The zero-order valence-corrected chi connectivity index (χ0v) is 17.9. The molecule has 30 heavy (non-hydrogen) atoms. The van der Waals surface area contributed by atoms with Crippen molar-refractivity contribution < 1.29 is 28.7 Å². The predicted octanol–water partition coefficient (Wildman–Crippen LogP) is 2.10. The third kappa shape index (κ3) is 4.41. The summed E-state index contributed by atoms with van der Waals surface area (Å²) < 4.78 is 11.1. The van der Waals surface area contributed by atoms with Crippen LogP contribution >= 0.6 is 0 Å². The van der Waals surface area contributed by atoms with E-state index in [0.717, 1.165) is 22.6 Å². The second-order valence-electron chi connectivity index (χ2n) is 7.78. The third-order valence-electron chi connectivity index (χ3n) is 5.03. The normalized spacial score (nSPS) is 16.6. The number of hydrogen-bond donors (Lipinski definition) is 2. The van der Waals surface area contributed by atoms with E-state index < -0.39 is 23.5 Å². The molecule has 0 fully saturated rings. The first-order valence-corrected chi connectivity index (χ1v) is 10.2. The van der Waals surface area contributed by atoms with Crippen LogP contribution in [0.4, 0.5) is 0 Å². The number of carbonyl (C=O) groups is 2. The number of aryl methyl sites for hydroxylation is 1. The molecule has 0 saturated carbocycles. The minimum atomic E-state index is -0.685. The van der Waals surface area contributed by atoms with Gasteiger partial charge in [-0.2, -0.15) is 0 Å². The fourth-order valence-electron chi connectivity index (χ4n) is 3.46.